The van der Waals surface area contributed by atoms with Gasteiger partial charge in [-0.25, -0.2) is 0 Å². The highest BCUT2D eigenvalue weighted by molar-refractivity contribution is 7.80. The minimum atomic E-state index is -5.24. The molecule has 170 valence electrons. The van der Waals surface area contributed by atoms with E-state index in [-0.39, 0.29) is 16.4 Å². The summed E-state index contributed by atoms with van der Waals surface area (Å²) in [5.74, 6) is -2.88. The van der Waals surface area contributed by atoms with Crippen LogP contribution in [0.5, 0.6) is 0 Å². The maximum Gasteiger partial charge on any atom is 0.437 e. The number of nitrogens with one attached hydrogen (secondary N) is 1. The fourth-order valence-corrected chi connectivity index (χ4v) is 4.56. The van der Waals surface area contributed by atoms with Crippen LogP contribution in [0.15, 0.2) is 84.9 Å². The minimum Gasteiger partial charge on any atom is -0.362 e. The van der Waals surface area contributed by atoms with E-state index < -0.39 is 29.6 Å². The van der Waals surface area contributed by atoms with Crippen molar-refractivity contribution in [3.8, 4) is 0 Å². The molecule has 0 amide bonds. The summed E-state index contributed by atoms with van der Waals surface area (Å²) >= 11 is 11.3. The molecule has 1 fully saturated rings. The Morgan fingerprint density at radius 3 is 2.06 bits per heavy atom. The molecule has 1 heterocycles. The van der Waals surface area contributed by atoms with Crippen LogP contribution in [0.1, 0.15) is 22.0 Å². The molecule has 0 radical (unpaired) electrons. The van der Waals surface area contributed by atoms with Gasteiger partial charge >= 0.3 is 6.18 Å². The number of alkyl halides is 3. The van der Waals surface area contributed by atoms with Gasteiger partial charge in [0.1, 0.15) is 5.92 Å². The minimum absolute atomic E-state index is 0.00440. The lowest BCUT2D eigenvalue weighted by molar-refractivity contribution is -0.274. The predicted molar refractivity (Wildman–Crippen MR) is 124 cm³/mol. The summed E-state index contributed by atoms with van der Waals surface area (Å²) in [5, 5.41) is 14.4. The Labute approximate surface area is 198 Å². The molecule has 4 nitrogen and oxygen atoms in total. The van der Waals surface area contributed by atoms with Crippen LogP contribution < -0.4 is 10.2 Å². The SMILES string of the molecule is O=C(c1ccccc1)[C@@H]1[C@@H](c2ccc(Cl)cc2)NC(=S)N(c2ccccc2)[C@]1(O)C(F)(F)F. The molecule has 0 bridgehead atoms. The Morgan fingerprint density at radius 2 is 1.52 bits per heavy atom. The van der Waals surface area contributed by atoms with Gasteiger partial charge in [-0.05, 0) is 42.0 Å². The topological polar surface area (TPSA) is 52.6 Å². The maximum absolute atomic E-state index is 14.8. The first-order valence-electron chi connectivity index (χ1n) is 9.94. The van der Waals surface area contributed by atoms with Gasteiger partial charge in [0.15, 0.2) is 10.9 Å². The zero-order valence-electron chi connectivity index (χ0n) is 17.0. The van der Waals surface area contributed by atoms with E-state index in [1.165, 1.54) is 60.7 Å². The Bertz CT molecular complexity index is 1160. The number of thiocarbonyl (C=S) groups is 1. The van der Waals surface area contributed by atoms with Crippen molar-refractivity contribution < 1.29 is 23.1 Å². The molecule has 1 aliphatic rings. The quantitative estimate of drug-likeness (QED) is 0.372. The molecule has 33 heavy (non-hydrogen) atoms. The second kappa shape index (κ2) is 8.78. The highest BCUT2D eigenvalue weighted by Gasteiger charge is 2.69. The van der Waals surface area contributed by atoms with Crippen LogP contribution in [0, 0.1) is 5.92 Å². The van der Waals surface area contributed by atoms with Crippen LogP contribution in [0.2, 0.25) is 5.02 Å². The summed E-state index contributed by atoms with van der Waals surface area (Å²) in [7, 11) is 0. The number of carbonyl (C=O) groups is 1. The van der Waals surface area contributed by atoms with E-state index in [1.54, 1.807) is 24.3 Å². The van der Waals surface area contributed by atoms with Gasteiger partial charge in [0, 0.05) is 16.3 Å². The summed E-state index contributed by atoms with van der Waals surface area (Å²) in [5.41, 5.74) is -3.28. The number of halogens is 4. The summed E-state index contributed by atoms with van der Waals surface area (Å²) in [6, 6.07) is 19.8. The van der Waals surface area contributed by atoms with Crippen LogP contribution in [0.25, 0.3) is 0 Å². The fraction of sp³-hybridized carbons (Fsp3) is 0.167. The van der Waals surface area contributed by atoms with E-state index in [0.29, 0.717) is 15.5 Å². The molecule has 2 N–H and O–H groups in total. The molecule has 3 aromatic rings. The van der Waals surface area contributed by atoms with Crippen LogP contribution >= 0.6 is 23.8 Å². The van der Waals surface area contributed by atoms with Gasteiger partial charge in [-0.15, -0.1) is 0 Å². The van der Waals surface area contributed by atoms with Gasteiger partial charge in [0.2, 0.25) is 0 Å². The predicted octanol–water partition coefficient (Wildman–Crippen LogP) is 5.53. The molecule has 0 aromatic heterocycles. The lowest BCUT2D eigenvalue weighted by Crippen LogP contribution is -2.74. The van der Waals surface area contributed by atoms with Crippen LogP contribution in [0.4, 0.5) is 18.9 Å². The maximum atomic E-state index is 14.8. The smallest absolute Gasteiger partial charge is 0.362 e. The van der Waals surface area contributed by atoms with E-state index >= 15 is 0 Å². The van der Waals surface area contributed by atoms with Crippen LogP contribution in [-0.4, -0.2) is 27.9 Å². The van der Waals surface area contributed by atoms with E-state index in [9.17, 15) is 23.1 Å². The Balaban J connectivity index is 1.96. The lowest BCUT2D eigenvalue weighted by Gasteiger charge is -2.52. The van der Waals surface area contributed by atoms with E-state index in [4.69, 9.17) is 23.8 Å². The first-order valence-corrected chi connectivity index (χ1v) is 10.7. The van der Waals surface area contributed by atoms with Gasteiger partial charge < -0.3 is 10.4 Å². The molecule has 3 atom stereocenters. The number of anilines is 1. The van der Waals surface area contributed by atoms with E-state index in [1.807, 2.05) is 0 Å². The number of carbonyl (C=O) groups excluding carboxylic acids is 1. The number of Topliss-reactive ketones (excluding diaryl/α,β-unsaturated/α-hetero) is 1. The summed E-state index contributed by atoms with van der Waals surface area (Å²) in [6.45, 7) is 0. The zero-order chi connectivity index (χ0) is 23.8. The average Bonchev–Trinajstić information content (AvgIpc) is 2.79. The molecular formula is C24H18ClF3N2O2S. The summed E-state index contributed by atoms with van der Waals surface area (Å²) < 4.78 is 44.3. The van der Waals surface area contributed by atoms with Crippen LogP contribution in [-0.2, 0) is 0 Å². The zero-order valence-corrected chi connectivity index (χ0v) is 18.5. The van der Waals surface area contributed by atoms with E-state index in [0.717, 1.165) is 0 Å². The third kappa shape index (κ3) is 4.10. The van der Waals surface area contributed by atoms with Gasteiger partial charge in [-0.1, -0.05) is 72.3 Å². The first-order chi connectivity index (χ1) is 15.6. The van der Waals surface area contributed by atoms with Crippen LogP contribution in [0.3, 0.4) is 0 Å². The normalized spacial score (nSPS) is 23.2. The van der Waals surface area contributed by atoms with Crippen molar-refractivity contribution in [1.29, 1.82) is 0 Å². The van der Waals surface area contributed by atoms with Crippen molar-refractivity contribution in [3.05, 3.63) is 101 Å². The standard InChI is InChI=1S/C24H18ClF3N2O2S/c25-17-13-11-15(12-14-17)20-19(21(31)16-7-3-1-4-8-16)23(32,24(26,27)28)30(22(33)29-20)18-9-5-2-6-10-18/h1-14,19-20,32H,(H,29,33)/t19-,20+,23+/m0/s1. The molecule has 0 unspecified atom stereocenters. The molecule has 4 rings (SSSR count). The second-order valence-corrected chi connectivity index (χ2v) is 8.40. The monoisotopic (exact) mass is 490 g/mol. The molecule has 9 heteroatoms. The Kier molecular flexibility index (Phi) is 6.18. The highest BCUT2D eigenvalue weighted by atomic mass is 35.5. The summed E-state index contributed by atoms with van der Waals surface area (Å²) in [4.78, 5) is 14.2. The Morgan fingerprint density at radius 1 is 0.970 bits per heavy atom. The van der Waals surface area contributed by atoms with Gasteiger partial charge in [-0.2, -0.15) is 13.2 Å². The largest absolute Gasteiger partial charge is 0.437 e. The molecule has 0 spiro atoms. The van der Waals surface area contributed by atoms with Gasteiger partial charge in [0.25, 0.3) is 5.72 Å². The van der Waals surface area contributed by atoms with Gasteiger partial charge in [0.05, 0.1) is 6.04 Å². The molecule has 1 aliphatic heterocycles. The summed E-state index contributed by atoms with van der Waals surface area (Å²) in [6.07, 6.45) is -5.24. The molecular weight excluding hydrogens is 473 g/mol. The number of aliphatic hydroxyl groups is 1. The first kappa shape index (κ1) is 23.2. The van der Waals surface area contributed by atoms with Crippen molar-refractivity contribution >= 4 is 40.4 Å². The molecule has 0 saturated carbocycles. The number of hydrogen-bond acceptors (Lipinski definition) is 3. The van der Waals surface area contributed by atoms with Crippen molar-refractivity contribution in [3.63, 3.8) is 0 Å². The van der Waals surface area contributed by atoms with Gasteiger partial charge in [-0.3, -0.25) is 9.69 Å². The number of hydrogen-bond donors (Lipinski definition) is 2. The third-order valence-corrected chi connectivity index (χ3v) is 6.14. The number of ketones is 1. The molecule has 0 aliphatic carbocycles. The number of para-hydroxylation sites is 1. The Hall–Kier alpha value is -2.94. The molecule has 1 saturated heterocycles. The average molecular weight is 491 g/mol. The van der Waals surface area contributed by atoms with Crippen molar-refractivity contribution in [2.24, 2.45) is 5.92 Å². The third-order valence-electron chi connectivity index (χ3n) is 5.59. The number of benzene rings is 3. The van der Waals surface area contributed by atoms with Crippen molar-refractivity contribution in [2.75, 3.05) is 4.90 Å². The highest BCUT2D eigenvalue weighted by Crippen LogP contribution is 2.49. The second-order valence-electron chi connectivity index (χ2n) is 7.58. The van der Waals surface area contributed by atoms with Crippen molar-refractivity contribution in [2.45, 2.75) is 17.9 Å². The number of rotatable bonds is 4. The fourth-order valence-electron chi connectivity index (χ4n) is 4.06. The lowest BCUT2D eigenvalue weighted by atomic mass is 9.76. The van der Waals surface area contributed by atoms with E-state index in [2.05, 4.69) is 5.32 Å². The number of nitrogens with zero attached hydrogens (tertiary/aromatic N) is 1. The molecule has 3 aromatic carbocycles. The van der Waals surface area contributed by atoms with Crippen molar-refractivity contribution in [1.82, 2.24) is 5.32 Å².